The summed E-state index contributed by atoms with van der Waals surface area (Å²) in [5.74, 6) is -0.171. The molecule has 0 aromatic heterocycles. The van der Waals surface area contributed by atoms with E-state index in [1.165, 1.54) is 0 Å². The lowest BCUT2D eigenvalue weighted by Crippen LogP contribution is -2.28. The van der Waals surface area contributed by atoms with E-state index in [0.717, 1.165) is 19.6 Å². The van der Waals surface area contributed by atoms with Crippen molar-refractivity contribution < 1.29 is 19.1 Å². The van der Waals surface area contributed by atoms with Crippen LogP contribution in [0.2, 0.25) is 0 Å². The summed E-state index contributed by atoms with van der Waals surface area (Å²) in [6, 6.07) is 5.02. The topological polar surface area (TPSA) is 55.8 Å². The van der Waals surface area contributed by atoms with Gasteiger partial charge in [-0.3, -0.25) is 4.79 Å². The molecule has 0 aliphatic carbocycles. The summed E-state index contributed by atoms with van der Waals surface area (Å²) in [7, 11) is 0. The van der Waals surface area contributed by atoms with Crippen LogP contribution in [0.25, 0.3) is 0 Å². The quantitative estimate of drug-likeness (QED) is 0.489. The lowest BCUT2D eigenvalue weighted by atomic mass is 10.0. The minimum Gasteiger partial charge on any atom is -0.491 e. The zero-order valence-corrected chi connectivity index (χ0v) is 14.6. The number of rotatable bonds is 10. The smallest absolute Gasteiger partial charge is 0.341 e. The molecule has 0 N–H and O–H groups in total. The predicted molar refractivity (Wildman–Crippen MR) is 90.3 cm³/mol. The third-order valence-electron chi connectivity index (χ3n) is 3.68. The van der Waals surface area contributed by atoms with Gasteiger partial charge in [-0.2, -0.15) is 0 Å². The number of benzene rings is 1. The Bertz CT molecular complexity index is 524. The first kappa shape index (κ1) is 19.2. The summed E-state index contributed by atoms with van der Waals surface area (Å²) < 4.78 is 10.9. The zero-order chi connectivity index (χ0) is 17.2. The number of carbonyl (C=O) groups excluding carboxylic acids is 2. The van der Waals surface area contributed by atoms with Gasteiger partial charge in [-0.1, -0.05) is 26.8 Å². The van der Waals surface area contributed by atoms with E-state index in [1.807, 2.05) is 0 Å². The number of likely N-dealkylation sites (N-methyl/N-ethyl adjacent to an activating group) is 1. The first-order valence-electron chi connectivity index (χ1n) is 8.27. The van der Waals surface area contributed by atoms with Gasteiger partial charge >= 0.3 is 5.97 Å². The number of hydrogen-bond acceptors (Lipinski definition) is 5. The van der Waals surface area contributed by atoms with Crippen LogP contribution in [0.1, 0.15) is 54.8 Å². The summed E-state index contributed by atoms with van der Waals surface area (Å²) in [6.45, 7) is 11.0. The highest BCUT2D eigenvalue weighted by Crippen LogP contribution is 2.26. The van der Waals surface area contributed by atoms with Gasteiger partial charge in [0.1, 0.15) is 17.9 Å². The van der Waals surface area contributed by atoms with Gasteiger partial charge in [-0.15, -0.1) is 0 Å². The van der Waals surface area contributed by atoms with Crippen LogP contribution in [-0.4, -0.2) is 49.5 Å². The third kappa shape index (κ3) is 5.36. The van der Waals surface area contributed by atoms with Gasteiger partial charge in [0.2, 0.25) is 0 Å². The molecule has 1 aromatic carbocycles. The molecule has 0 atom stereocenters. The standard InChI is InChI=1S/C18H27NO4/c1-5-16(20)14-10-9-11-15(18(21)22-8-4)17(14)23-13-12-19(6-2)7-3/h9-11H,5-8,12-13H2,1-4H3. The second-order valence-electron chi connectivity index (χ2n) is 5.05. The zero-order valence-electron chi connectivity index (χ0n) is 14.6. The number of ketones is 1. The number of Topliss-reactive ketones (excluding diaryl/α,β-unsaturated/α-hetero) is 1. The molecule has 128 valence electrons. The molecule has 0 bridgehead atoms. The van der Waals surface area contributed by atoms with Gasteiger partial charge in [-0.05, 0) is 32.1 Å². The fourth-order valence-corrected chi connectivity index (χ4v) is 2.29. The molecule has 5 heteroatoms. The van der Waals surface area contributed by atoms with Crippen LogP contribution in [0.4, 0.5) is 0 Å². The van der Waals surface area contributed by atoms with Gasteiger partial charge in [0, 0.05) is 13.0 Å². The summed E-state index contributed by atoms with van der Waals surface area (Å²) >= 11 is 0. The summed E-state index contributed by atoms with van der Waals surface area (Å²) in [5, 5.41) is 0. The highest BCUT2D eigenvalue weighted by molar-refractivity contribution is 6.03. The van der Waals surface area contributed by atoms with E-state index >= 15 is 0 Å². The molecule has 0 aliphatic heterocycles. The van der Waals surface area contributed by atoms with Gasteiger partial charge < -0.3 is 14.4 Å². The van der Waals surface area contributed by atoms with Crippen molar-refractivity contribution in [2.75, 3.05) is 32.8 Å². The highest BCUT2D eigenvalue weighted by Gasteiger charge is 2.20. The SMILES string of the molecule is CCOC(=O)c1cccc(C(=O)CC)c1OCCN(CC)CC. The van der Waals surface area contributed by atoms with Crippen molar-refractivity contribution in [3.63, 3.8) is 0 Å². The molecule has 23 heavy (non-hydrogen) atoms. The maximum absolute atomic E-state index is 12.1. The number of esters is 1. The molecular weight excluding hydrogens is 294 g/mol. The Kier molecular flexibility index (Phi) is 8.33. The van der Waals surface area contributed by atoms with E-state index in [4.69, 9.17) is 9.47 Å². The van der Waals surface area contributed by atoms with E-state index in [-0.39, 0.29) is 12.4 Å². The third-order valence-corrected chi connectivity index (χ3v) is 3.68. The minimum atomic E-state index is -0.462. The van der Waals surface area contributed by atoms with Crippen molar-refractivity contribution in [2.45, 2.75) is 34.1 Å². The Balaban J connectivity index is 3.03. The van der Waals surface area contributed by atoms with Crippen LogP contribution >= 0.6 is 0 Å². The molecule has 0 saturated heterocycles. The Morgan fingerprint density at radius 1 is 1.04 bits per heavy atom. The second-order valence-corrected chi connectivity index (χ2v) is 5.05. The van der Waals surface area contributed by atoms with Crippen molar-refractivity contribution in [1.29, 1.82) is 0 Å². The fourth-order valence-electron chi connectivity index (χ4n) is 2.29. The molecule has 0 spiro atoms. The van der Waals surface area contributed by atoms with E-state index in [9.17, 15) is 9.59 Å². The maximum atomic E-state index is 12.1. The Morgan fingerprint density at radius 3 is 2.26 bits per heavy atom. The molecular formula is C18H27NO4. The first-order chi connectivity index (χ1) is 11.1. The van der Waals surface area contributed by atoms with E-state index in [2.05, 4.69) is 18.7 Å². The summed E-state index contributed by atoms with van der Waals surface area (Å²) in [5.41, 5.74) is 0.753. The van der Waals surface area contributed by atoms with Crippen LogP contribution in [0.5, 0.6) is 5.75 Å². The molecule has 0 unspecified atom stereocenters. The van der Waals surface area contributed by atoms with Crippen molar-refractivity contribution in [2.24, 2.45) is 0 Å². The molecule has 0 saturated carbocycles. The number of carbonyl (C=O) groups is 2. The fraction of sp³-hybridized carbons (Fsp3) is 0.556. The van der Waals surface area contributed by atoms with Gasteiger partial charge in [0.05, 0.1) is 12.2 Å². The van der Waals surface area contributed by atoms with Crippen molar-refractivity contribution in [1.82, 2.24) is 4.90 Å². The monoisotopic (exact) mass is 321 g/mol. The van der Waals surface area contributed by atoms with E-state index < -0.39 is 5.97 Å². The van der Waals surface area contributed by atoms with Crippen LogP contribution in [-0.2, 0) is 4.74 Å². The summed E-state index contributed by atoms with van der Waals surface area (Å²) in [6.07, 6.45) is 0.360. The molecule has 1 rings (SSSR count). The molecule has 0 fully saturated rings. The van der Waals surface area contributed by atoms with Gasteiger partial charge in [0.15, 0.2) is 5.78 Å². The average Bonchev–Trinajstić information content (AvgIpc) is 2.58. The number of nitrogens with zero attached hydrogens (tertiary/aromatic N) is 1. The minimum absolute atomic E-state index is 0.0472. The first-order valence-corrected chi connectivity index (χ1v) is 8.27. The van der Waals surface area contributed by atoms with Gasteiger partial charge in [0.25, 0.3) is 0 Å². The van der Waals surface area contributed by atoms with Crippen LogP contribution in [0.3, 0.4) is 0 Å². The van der Waals surface area contributed by atoms with Crippen LogP contribution in [0.15, 0.2) is 18.2 Å². The Hall–Kier alpha value is -1.88. The molecule has 0 radical (unpaired) electrons. The van der Waals surface area contributed by atoms with Gasteiger partial charge in [-0.25, -0.2) is 4.79 Å². The Morgan fingerprint density at radius 2 is 1.70 bits per heavy atom. The lowest BCUT2D eigenvalue weighted by Gasteiger charge is -2.20. The molecule has 5 nitrogen and oxygen atoms in total. The highest BCUT2D eigenvalue weighted by atomic mass is 16.5. The number of hydrogen-bond donors (Lipinski definition) is 0. The normalized spacial score (nSPS) is 10.7. The molecule has 0 heterocycles. The Labute approximate surface area is 138 Å². The largest absolute Gasteiger partial charge is 0.491 e. The van der Waals surface area contributed by atoms with Crippen molar-refractivity contribution >= 4 is 11.8 Å². The van der Waals surface area contributed by atoms with Crippen LogP contribution in [0, 0.1) is 0 Å². The second kappa shape index (κ2) is 10.0. The van der Waals surface area contributed by atoms with Crippen LogP contribution < -0.4 is 4.74 Å². The van der Waals surface area contributed by atoms with E-state index in [0.29, 0.717) is 29.9 Å². The number of para-hydroxylation sites is 1. The van der Waals surface area contributed by atoms with Crippen molar-refractivity contribution in [3.8, 4) is 5.75 Å². The molecule has 0 aliphatic rings. The van der Waals surface area contributed by atoms with E-state index in [1.54, 1.807) is 32.0 Å². The maximum Gasteiger partial charge on any atom is 0.341 e. The summed E-state index contributed by atoms with van der Waals surface area (Å²) in [4.78, 5) is 26.5. The number of ether oxygens (including phenoxy) is 2. The molecule has 0 amide bonds. The lowest BCUT2D eigenvalue weighted by molar-refractivity contribution is 0.0521. The van der Waals surface area contributed by atoms with Crippen molar-refractivity contribution in [3.05, 3.63) is 29.3 Å². The average molecular weight is 321 g/mol. The molecule has 1 aromatic rings. The predicted octanol–water partition coefficient (Wildman–Crippen LogP) is 3.18.